The van der Waals surface area contributed by atoms with Crippen molar-refractivity contribution in [2.75, 3.05) is 26.6 Å². The van der Waals surface area contributed by atoms with Crippen LogP contribution in [0.2, 0.25) is 5.02 Å². The molecule has 0 aliphatic carbocycles. The van der Waals surface area contributed by atoms with Gasteiger partial charge in [-0.3, -0.25) is 4.79 Å². The number of amides is 1. The summed E-state index contributed by atoms with van der Waals surface area (Å²) < 4.78 is 17.2. The minimum absolute atomic E-state index is 0.323. The molecule has 0 spiro atoms. The summed E-state index contributed by atoms with van der Waals surface area (Å²) in [6.07, 6.45) is 0. The van der Waals surface area contributed by atoms with Gasteiger partial charge in [0, 0.05) is 4.47 Å². The van der Waals surface area contributed by atoms with E-state index >= 15 is 0 Å². The first-order valence-corrected chi connectivity index (χ1v) is 8.64. The van der Waals surface area contributed by atoms with Gasteiger partial charge in [0.15, 0.2) is 11.5 Å². The molecule has 0 aromatic heterocycles. The Morgan fingerprint density at radius 3 is 2.25 bits per heavy atom. The highest BCUT2D eigenvalue weighted by atomic mass is 79.9. The summed E-state index contributed by atoms with van der Waals surface area (Å²) in [5.74, 6) is 0.768. The average Bonchev–Trinajstić information content (AvgIpc) is 2.56. The molecule has 0 unspecified atom stereocenters. The predicted molar refractivity (Wildman–Crippen MR) is 101 cm³/mol. The van der Waals surface area contributed by atoms with E-state index in [2.05, 4.69) is 37.2 Å². The van der Waals surface area contributed by atoms with Crippen LogP contribution in [0.5, 0.6) is 17.2 Å². The second kappa shape index (κ2) is 8.09. The van der Waals surface area contributed by atoms with Gasteiger partial charge in [-0.1, -0.05) is 27.5 Å². The lowest BCUT2D eigenvalue weighted by molar-refractivity contribution is 0.102. The number of rotatable bonds is 5. The lowest BCUT2D eigenvalue weighted by Crippen LogP contribution is -2.14. The lowest BCUT2D eigenvalue weighted by atomic mass is 10.1. The fraction of sp³-hybridized carbons (Fsp3) is 0.188. The van der Waals surface area contributed by atoms with Gasteiger partial charge in [0.2, 0.25) is 5.75 Å². The first-order valence-electron chi connectivity index (χ1n) is 6.67. The Morgan fingerprint density at radius 2 is 1.71 bits per heavy atom. The zero-order valence-electron chi connectivity index (χ0n) is 13.1. The molecule has 2 aromatic rings. The van der Waals surface area contributed by atoms with Gasteiger partial charge in [-0.05, 0) is 40.2 Å². The van der Waals surface area contributed by atoms with E-state index < -0.39 is 0 Å². The molecule has 24 heavy (non-hydrogen) atoms. The Kier molecular flexibility index (Phi) is 6.37. The SMILES string of the molecule is COc1cc(C(=O)Nc2ccc(Br)cc2Cl)c(Br)c(OC)c1OC. The van der Waals surface area contributed by atoms with Gasteiger partial charge in [-0.2, -0.15) is 0 Å². The van der Waals surface area contributed by atoms with Gasteiger partial charge in [0.25, 0.3) is 5.91 Å². The Bertz CT molecular complexity index is 783. The number of anilines is 1. The van der Waals surface area contributed by atoms with Gasteiger partial charge < -0.3 is 19.5 Å². The zero-order valence-corrected chi connectivity index (χ0v) is 17.0. The largest absolute Gasteiger partial charge is 0.493 e. The van der Waals surface area contributed by atoms with E-state index in [9.17, 15) is 4.79 Å². The minimum atomic E-state index is -0.370. The fourth-order valence-corrected chi connectivity index (χ4v) is 3.42. The standard InChI is InChI=1S/C16H14Br2ClNO4/c1-22-12-7-9(13(18)15(24-3)14(12)23-2)16(21)20-11-5-4-8(17)6-10(11)19/h4-7H,1-3H3,(H,20,21). The molecule has 0 atom stereocenters. The highest BCUT2D eigenvalue weighted by molar-refractivity contribution is 9.10. The molecule has 0 heterocycles. The highest BCUT2D eigenvalue weighted by Gasteiger charge is 2.23. The second-order valence-corrected chi connectivity index (χ2v) is 6.70. The van der Waals surface area contributed by atoms with Gasteiger partial charge in [0.05, 0.1) is 42.1 Å². The first-order chi connectivity index (χ1) is 11.4. The summed E-state index contributed by atoms with van der Waals surface area (Å²) in [7, 11) is 4.46. The smallest absolute Gasteiger partial charge is 0.257 e. The Labute approximate surface area is 161 Å². The van der Waals surface area contributed by atoms with Crippen LogP contribution in [0, 0.1) is 0 Å². The molecular formula is C16H14Br2ClNO4. The van der Waals surface area contributed by atoms with Crippen molar-refractivity contribution >= 4 is 55.1 Å². The van der Waals surface area contributed by atoms with Crippen molar-refractivity contribution in [2.45, 2.75) is 0 Å². The maximum Gasteiger partial charge on any atom is 0.257 e. The summed E-state index contributed by atoms with van der Waals surface area (Å²) in [4.78, 5) is 12.6. The van der Waals surface area contributed by atoms with Crippen molar-refractivity contribution in [1.29, 1.82) is 0 Å². The molecule has 0 radical (unpaired) electrons. The van der Waals surface area contributed by atoms with E-state index in [1.54, 1.807) is 24.3 Å². The molecular weight excluding hydrogens is 465 g/mol. The monoisotopic (exact) mass is 477 g/mol. The number of hydrogen-bond acceptors (Lipinski definition) is 4. The van der Waals surface area contributed by atoms with E-state index in [0.717, 1.165) is 4.47 Å². The lowest BCUT2D eigenvalue weighted by Gasteiger charge is -2.16. The van der Waals surface area contributed by atoms with Crippen LogP contribution in [-0.2, 0) is 0 Å². The van der Waals surface area contributed by atoms with Crippen molar-refractivity contribution in [3.05, 3.63) is 43.8 Å². The maximum absolute atomic E-state index is 12.6. The van der Waals surface area contributed by atoms with Crippen LogP contribution < -0.4 is 19.5 Å². The number of benzene rings is 2. The minimum Gasteiger partial charge on any atom is -0.493 e. The molecule has 0 saturated carbocycles. The number of methoxy groups -OCH3 is 3. The molecule has 0 aliphatic heterocycles. The van der Waals surface area contributed by atoms with E-state index in [1.807, 2.05) is 0 Å². The van der Waals surface area contributed by atoms with Gasteiger partial charge in [0.1, 0.15) is 0 Å². The summed E-state index contributed by atoms with van der Waals surface area (Å²) >= 11 is 12.8. The molecule has 1 amide bonds. The maximum atomic E-state index is 12.6. The summed E-state index contributed by atoms with van der Waals surface area (Å²) in [5.41, 5.74) is 0.814. The first kappa shape index (κ1) is 18.9. The van der Waals surface area contributed by atoms with Gasteiger partial charge in [-0.25, -0.2) is 0 Å². The van der Waals surface area contributed by atoms with Crippen molar-refractivity contribution in [3.63, 3.8) is 0 Å². The van der Waals surface area contributed by atoms with Crippen LogP contribution in [0.4, 0.5) is 5.69 Å². The van der Waals surface area contributed by atoms with Gasteiger partial charge >= 0.3 is 0 Å². The van der Waals surface area contributed by atoms with E-state index in [-0.39, 0.29) is 5.91 Å². The molecule has 128 valence electrons. The molecule has 0 saturated heterocycles. The topological polar surface area (TPSA) is 56.8 Å². The quantitative estimate of drug-likeness (QED) is 0.645. The Morgan fingerprint density at radius 1 is 1.04 bits per heavy atom. The van der Waals surface area contributed by atoms with Crippen LogP contribution in [-0.4, -0.2) is 27.2 Å². The average molecular weight is 480 g/mol. The molecule has 2 rings (SSSR count). The van der Waals surface area contributed by atoms with Crippen LogP contribution in [0.15, 0.2) is 33.2 Å². The molecule has 8 heteroatoms. The third-order valence-corrected chi connectivity index (χ3v) is 4.79. The summed E-state index contributed by atoms with van der Waals surface area (Å²) in [6, 6.07) is 6.75. The Balaban J connectivity index is 2.45. The Hall–Kier alpha value is -1.44. The second-order valence-electron chi connectivity index (χ2n) is 4.59. The van der Waals surface area contributed by atoms with Crippen LogP contribution in [0.3, 0.4) is 0 Å². The van der Waals surface area contributed by atoms with Crippen LogP contribution in [0.1, 0.15) is 10.4 Å². The van der Waals surface area contributed by atoms with E-state index in [0.29, 0.717) is 38.0 Å². The number of nitrogens with one attached hydrogen (secondary N) is 1. The third-order valence-electron chi connectivity index (χ3n) is 3.19. The third kappa shape index (κ3) is 3.79. The van der Waals surface area contributed by atoms with Crippen molar-refractivity contribution in [1.82, 2.24) is 0 Å². The number of carbonyl (C=O) groups excluding carboxylic acids is 1. The number of ether oxygens (including phenoxy) is 3. The molecule has 5 nitrogen and oxygen atoms in total. The van der Waals surface area contributed by atoms with Gasteiger partial charge in [-0.15, -0.1) is 0 Å². The summed E-state index contributed by atoms with van der Waals surface area (Å²) in [5, 5.41) is 3.18. The predicted octanol–water partition coefficient (Wildman–Crippen LogP) is 5.14. The van der Waals surface area contributed by atoms with Crippen molar-refractivity contribution in [2.24, 2.45) is 0 Å². The molecule has 0 fully saturated rings. The number of hydrogen-bond donors (Lipinski definition) is 1. The van der Waals surface area contributed by atoms with Crippen molar-refractivity contribution in [3.8, 4) is 17.2 Å². The van der Waals surface area contributed by atoms with E-state index in [1.165, 1.54) is 21.3 Å². The molecule has 2 aromatic carbocycles. The van der Waals surface area contributed by atoms with E-state index in [4.69, 9.17) is 25.8 Å². The molecule has 0 bridgehead atoms. The summed E-state index contributed by atoms with van der Waals surface area (Å²) in [6.45, 7) is 0. The number of carbonyl (C=O) groups is 1. The normalized spacial score (nSPS) is 10.2. The highest BCUT2D eigenvalue weighted by Crippen LogP contribution is 2.45. The van der Waals surface area contributed by atoms with Crippen LogP contribution >= 0.6 is 43.5 Å². The van der Waals surface area contributed by atoms with Crippen molar-refractivity contribution < 1.29 is 19.0 Å². The molecule has 1 N–H and O–H groups in total. The zero-order chi connectivity index (χ0) is 17.9. The van der Waals surface area contributed by atoms with Crippen LogP contribution in [0.25, 0.3) is 0 Å². The number of halogens is 3. The molecule has 0 aliphatic rings. The fourth-order valence-electron chi connectivity index (χ4n) is 2.07.